The smallest absolute Gasteiger partial charge is 0.0132 e. The third-order valence-corrected chi connectivity index (χ3v) is 13.1. The maximum atomic E-state index is 2.49. The van der Waals surface area contributed by atoms with Gasteiger partial charge in [0.25, 0.3) is 0 Å². The van der Waals surface area contributed by atoms with Gasteiger partial charge in [-0.25, -0.2) is 0 Å². The van der Waals surface area contributed by atoms with Crippen molar-refractivity contribution >= 4 is 48.6 Å². The maximum Gasteiger partial charge on any atom is -0.0132 e. The Labute approximate surface area is 387 Å². The fourth-order valence-electron chi connectivity index (χ4n) is 8.60. The second-order valence-corrected chi connectivity index (χ2v) is 22.3. The van der Waals surface area contributed by atoms with Gasteiger partial charge in [0, 0.05) is 0 Å². The van der Waals surface area contributed by atoms with E-state index in [0.717, 1.165) is 25.7 Å². The van der Waals surface area contributed by atoms with Crippen LogP contribution in [0.15, 0.2) is 121 Å². The Morgan fingerprint density at radius 2 is 0.422 bits per heavy atom. The highest BCUT2D eigenvalue weighted by atomic mass is 14.2. The molecule has 4 aliphatic carbocycles. The van der Waals surface area contributed by atoms with E-state index in [1.807, 2.05) is 0 Å². The predicted octanol–water partition coefficient (Wildman–Crippen LogP) is 17.4. The van der Waals surface area contributed by atoms with Crippen molar-refractivity contribution in [3.8, 4) is 0 Å². The van der Waals surface area contributed by atoms with Crippen LogP contribution >= 0.6 is 0 Å². The molecule has 0 heterocycles. The van der Waals surface area contributed by atoms with Crippen LogP contribution < -0.4 is 0 Å². The summed E-state index contributed by atoms with van der Waals surface area (Å²) in [6.07, 6.45) is 22.4. The molecule has 0 atom stereocenters. The Morgan fingerprint density at radius 3 is 0.578 bits per heavy atom. The van der Waals surface area contributed by atoms with E-state index >= 15 is 0 Å². The summed E-state index contributed by atoms with van der Waals surface area (Å²) in [5.74, 6) is 0. The normalized spacial score (nSPS) is 14.1. The summed E-state index contributed by atoms with van der Waals surface area (Å²) < 4.78 is 0. The van der Waals surface area contributed by atoms with E-state index in [9.17, 15) is 0 Å². The molecular weight excluding hydrogens is 769 g/mol. The zero-order valence-electron chi connectivity index (χ0n) is 41.0. The molecule has 0 aliphatic heterocycles. The fourth-order valence-corrected chi connectivity index (χ4v) is 8.60. The van der Waals surface area contributed by atoms with Crippen molar-refractivity contribution in [1.82, 2.24) is 0 Å². The van der Waals surface area contributed by atoms with Gasteiger partial charge in [0.15, 0.2) is 0 Å². The molecule has 0 spiro atoms. The van der Waals surface area contributed by atoms with Gasteiger partial charge in [-0.2, -0.15) is 0 Å². The first-order valence-electron chi connectivity index (χ1n) is 23.7. The molecule has 0 fully saturated rings. The van der Waals surface area contributed by atoms with Crippen LogP contribution in [0, 0.1) is 0 Å². The predicted molar refractivity (Wildman–Crippen MR) is 284 cm³/mol. The van der Waals surface area contributed by atoms with Crippen LogP contribution in [0.1, 0.15) is 172 Å². The average molecular weight is 841 g/mol. The largest absolute Gasteiger partial charge is 0.0579 e. The molecule has 328 valence electrons. The molecule has 0 unspecified atom stereocenters. The van der Waals surface area contributed by atoms with Gasteiger partial charge in [-0.3, -0.25) is 0 Å². The second kappa shape index (κ2) is 18.8. The van der Waals surface area contributed by atoms with Gasteiger partial charge >= 0.3 is 0 Å². The third-order valence-electron chi connectivity index (χ3n) is 13.1. The Bertz CT molecular complexity index is 2280. The van der Waals surface area contributed by atoms with Crippen LogP contribution in [0.5, 0.6) is 0 Å². The molecule has 4 aliphatic rings. The van der Waals surface area contributed by atoms with Crippen molar-refractivity contribution in [3.05, 3.63) is 210 Å². The van der Waals surface area contributed by atoms with Gasteiger partial charge < -0.3 is 0 Å². The van der Waals surface area contributed by atoms with Crippen molar-refractivity contribution < 1.29 is 0 Å². The van der Waals surface area contributed by atoms with Crippen LogP contribution in [0.3, 0.4) is 0 Å². The van der Waals surface area contributed by atoms with Crippen LogP contribution in [0.4, 0.5) is 0 Å². The van der Waals surface area contributed by atoms with Gasteiger partial charge in [-0.05, 0) is 136 Å². The first-order chi connectivity index (χ1) is 30.2. The first-order valence-corrected chi connectivity index (χ1v) is 23.7. The van der Waals surface area contributed by atoms with E-state index in [0.29, 0.717) is 0 Å². The van der Waals surface area contributed by atoms with Gasteiger partial charge in [-0.15, -0.1) is 0 Å². The molecule has 0 saturated heterocycles. The lowest BCUT2D eigenvalue weighted by Crippen LogP contribution is -2.10. The SMILES string of the molecule is CC(C)(C)c1ccc(/C=C\c2cc3c(/C=C/c4ccc(C(C)(C)C)cc4)cc2CCc2cc(/C=C/c4ccc(C(C)(C)C)cc4)c(cc2/C=C/c2ccc(C(C)(C)C)cc2)CC3)cc1. The molecule has 6 aromatic carbocycles. The van der Waals surface area contributed by atoms with Gasteiger partial charge in [-0.1, -0.05) is 253 Å². The lowest BCUT2D eigenvalue weighted by Gasteiger charge is -2.20. The molecule has 10 rings (SSSR count). The molecule has 64 heavy (non-hydrogen) atoms. The topological polar surface area (TPSA) is 0 Å². The minimum absolute atomic E-state index is 0.128. The Balaban J connectivity index is 1.30. The van der Waals surface area contributed by atoms with Gasteiger partial charge in [0.05, 0.1) is 0 Å². The van der Waals surface area contributed by atoms with Crippen molar-refractivity contribution in [2.24, 2.45) is 0 Å². The Kier molecular flexibility index (Phi) is 13.6. The Morgan fingerprint density at radius 1 is 0.250 bits per heavy atom. The van der Waals surface area contributed by atoms with Crippen LogP contribution in [0.2, 0.25) is 0 Å². The quantitative estimate of drug-likeness (QED) is 0.134. The molecule has 0 nitrogen and oxygen atoms in total. The summed E-state index contributed by atoms with van der Waals surface area (Å²) in [6.45, 7) is 27.3. The van der Waals surface area contributed by atoms with Crippen LogP contribution in [0.25, 0.3) is 48.6 Å². The molecular formula is C64H72. The Hall–Kier alpha value is -5.72. The minimum Gasteiger partial charge on any atom is -0.0579 e. The number of benzene rings is 6. The lowest BCUT2D eigenvalue weighted by molar-refractivity contribution is 0.590. The molecule has 0 heteroatoms. The monoisotopic (exact) mass is 841 g/mol. The van der Waals surface area contributed by atoms with E-state index in [-0.39, 0.29) is 21.7 Å². The van der Waals surface area contributed by atoms with Crippen molar-refractivity contribution in [1.29, 1.82) is 0 Å². The highest BCUT2D eigenvalue weighted by Crippen LogP contribution is 2.32. The van der Waals surface area contributed by atoms with E-state index in [1.165, 1.54) is 89.0 Å². The van der Waals surface area contributed by atoms with Gasteiger partial charge in [0.1, 0.15) is 0 Å². The highest BCUT2D eigenvalue weighted by Gasteiger charge is 2.18. The van der Waals surface area contributed by atoms with Crippen molar-refractivity contribution in [2.45, 2.75) is 130 Å². The van der Waals surface area contributed by atoms with E-state index < -0.39 is 0 Å². The second-order valence-electron chi connectivity index (χ2n) is 22.3. The number of hydrogen-bond acceptors (Lipinski definition) is 0. The van der Waals surface area contributed by atoms with Crippen LogP contribution in [-0.4, -0.2) is 0 Å². The number of hydrogen-bond donors (Lipinski definition) is 0. The van der Waals surface area contributed by atoms with Crippen LogP contribution in [-0.2, 0) is 47.3 Å². The average Bonchev–Trinajstić information content (AvgIpc) is 3.24. The molecule has 0 amide bonds. The molecule has 0 N–H and O–H groups in total. The molecule has 0 radical (unpaired) electrons. The summed E-state index contributed by atoms with van der Waals surface area (Å²) in [5.41, 5.74) is 21.6. The fraction of sp³-hybridized carbons (Fsp3) is 0.312. The van der Waals surface area contributed by atoms with Crippen molar-refractivity contribution in [2.75, 3.05) is 0 Å². The summed E-state index contributed by atoms with van der Waals surface area (Å²) in [4.78, 5) is 0. The molecule has 0 aromatic heterocycles. The van der Waals surface area contributed by atoms with Crippen molar-refractivity contribution in [3.63, 3.8) is 0 Å². The first kappa shape index (κ1) is 46.3. The maximum absolute atomic E-state index is 2.49. The molecule has 4 bridgehead atoms. The summed E-state index contributed by atoms with van der Waals surface area (Å²) in [7, 11) is 0. The van der Waals surface area contributed by atoms with E-state index in [1.54, 1.807) is 0 Å². The highest BCUT2D eigenvalue weighted by molar-refractivity contribution is 5.79. The zero-order chi connectivity index (χ0) is 45.9. The third kappa shape index (κ3) is 11.9. The molecule has 0 saturated carbocycles. The molecule has 6 aromatic rings. The number of aryl methyl sites for hydroxylation is 4. The zero-order valence-corrected chi connectivity index (χ0v) is 41.0. The lowest BCUT2D eigenvalue weighted by atomic mass is 9.85. The minimum atomic E-state index is 0.128. The van der Waals surface area contributed by atoms with Gasteiger partial charge in [0.2, 0.25) is 0 Å². The summed E-state index contributed by atoms with van der Waals surface area (Å²) >= 11 is 0. The van der Waals surface area contributed by atoms with E-state index in [2.05, 4.69) is 253 Å². The summed E-state index contributed by atoms with van der Waals surface area (Å²) in [5, 5.41) is 0. The standard InChI is InChI=1S/C64H72/c1-61(2,3)57-33-17-45(18-34-57)13-25-49-41-54-31-32-56-44-51(27-15-47-21-37-59(38-22-47)63(7,8)9)55(43-52(56)28-16-48-23-39-60(40-24-48)64(10,11)12)30-29-53(49)42-50(54)26-14-46-19-35-58(36-20-46)62(4,5)6/h13-28,33-44H,29-32H2,1-12H3/b25-13-,26-14+,27-15+,28-16+. The summed E-state index contributed by atoms with van der Waals surface area (Å²) in [6, 6.07) is 46.3. The van der Waals surface area contributed by atoms with E-state index in [4.69, 9.17) is 0 Å². The number of rotatable bonds is 8.